The second kappa shape index (κ2) is 15.9. The van der Waals surface area contributed by atoms with E-state index in [0.717, 1.165) is 57.1 Å². The van der Waals surface area contributed by atoms with Crippen molar-refractivity contribution >= 4 is 16.9 Å². The lowest BCUT2D eigenvalue weighted by Gasteiger charge is -2.20. The van der Waals surface area contributed by atoms with Gasteiger partial charge in [0.25, 0.3) is 0 Å². The van der Waals surface area contributed by atoms with Crippen LogP contribution in [-0.2, 0) is 17.8 Å². The first-order valence-electron chi connectivity index (χ1n) is 14.5. The quantitative estimate of drug-likeness (QED) is 0.240. The highest BCUT2D eigenvalue weighted by molar-refractivity contribution is 5.78. The molecule has 0 radical (unpaired) electrons. The first kappa shape index (κ1) is 26.8. The van der Waals surface area contributed by atoms with Crippen molar-refractivity contribution in [1.82, 2.24) is 14.9 Å². The Kier molecular flexibility index (Phi) is 12.6. The Balaban J connectivity index is 1.35. The van der Waals surface area contributed by atoms with E-state index in [1.807, 2.05) is 0 Å². The molecule has 1 aliphatic rings. The van der Waals surface area contributed by atoms with Crippen molar-refractivity contribution in [2.75, 3.05) is 6.54 Å². The van der Waals surface area contributed by atoms with Crippen molar-refractivity contribution in [3.8, 4) is 0 Å². The molecule has 2 aromatic rings. The molecule has 1 fully saturated rings. The van der Waals surface area contributed by atoms with Crippen LogP contribution in [0.2, 0.25) is 0 Å². The molecule has 0 saturated heterocycles. The molecule has 4 nitrogen and oxygen atoms in total. The third-order valence-corrected chi connectivity index (χ3v) is 7.57. The zero-order chi connectivity index (χ0) is 23.8. The van der Waals surface area contributed by atoms with E-state index in [2.05, 4.69) is 41.1 Å². The molecule has 1 saturated carbocycles. The number of para-hydroxylation sites is 2. The summed E-state index contributed by atoms with van der Waals surface area (Å²) in [5, 5.41) is 3.18. The van der Waals surface area contributed by atoms with Gasteiger partial charge in [-0.25, -0.2) is 4.98 Å². The summed E-state index contributed by atoms with van der Waals surface area (Å²) in [6.45, 7) is 4.19. The average molecular weight is 468 g/mol. The van der Waals surface area contributed by atoms with Crippen molar-refractivity contribution in [2.24, 2.45) is 5.92 Å². The molecule has 1 aromatic heterocycles. The second-order valence-corrected chi connectivity index (χ2v) is 10.4. The van der Waals surface area contributed by atoms with Crippen LogP contribution in [0.1, 0.15) is 122 Å². The number of carbonyl (C=O) groups excluding carboxylic acids is 1. The molecule has 0 unspecified atom stereocenters. The molecule has 190 valence electrons. The number of imidazole rings is 1. The van der Waals surface area contributed by atoms with Gasteiger partial charge in [-0.15, -0.1) is 0 Å². The first-order chi connectivity index (χ1) is 16.8. The topological polar surface area (TPSA) is 46.9 Å². The second-order valence-electron chi connectivity index (χ2n) is 10.4. The molecule has 3 rings (SSSR count). The minimum atomic E-state index is 0.273. The Bertz CT molecular complexity index is 822. The van der Waals surface area contributed by atoms with E-state index in [4.69, 9.17) is 4.98 Å². The van der Waals surface area contributed by atoms with E-state index in [1.54, 1.807) is 0 Å². The van der Waals surface area contributed by atoms with Gasteiger partial charge in [0.15, 0.2) is 0 Å². The summed E-state index contributed by atoms with van der Waals surface area (Å²) in [5.41, 5.74) is 2.42. The number of hydrogen-bond acceptors (Lipinski definition) is 2. The van der Waals surface area contributed by atoms with E-state index in [9.17, 15) is 4.79 Å². The van der Waals surface area contributed by atoms with E-state index in [1.165, 1.54) is 88.4 Å². The largest absolute Gasteiger partial charge is 0.356 e. The number of unbranched alkanes of at least 4 members (excludes halogenated alkanes) is 10. The first-order valence-corrected chi connectivity index (χ1v) is 14.5. The molecule has 0 spiro atoms. The number of benzene rings is 1. The molecule has 1 aliphatic carbocycles. The summed E-state index contributed by atoms with van der Waals surface area (Å²) in [4.78, 5) is 17.3. The maximum atomic E-state index is 12.3. The number of fused-ring (bicyclic) bond motifs is 1. The maximum absolute atomic E-state index is 12.3. The Hall–Kier alpha value is -1.84. The molecule has 34 heavy (non-hydrogen) atoms. The van der Waals surface area contributed by atoms with E-state index in [0.29, 0.717) is 5.91 Å². The van der Waals surface area contributed by atoms with Gasteiger partial charge in [-0.3, -0.25) is 4.79 Å². The van der Waals surface area contributed by atoms with Crippen LogP contribution in [0, 0.1) is 5.92 Å². The molecule has 1 heterocycles. The maximum Gasteiger partial charge on any atom is 0.223 e. The minimum Gasteiger partial charge on any atom is -0.356 e. The van der Waals surface area contributed by atoms with Gasteiger partial charge in [0.05, 0.1) is 11.0 Å². The number of carbonyl (C=O) groups is 1. The van der Waals surface area contributed by atoms with Gasteiger partial charge in [-0.05, 0) is 44.2 Å². The average Bonchev–Trinajstić information content (AvgIpc) is 3.22. The van der Waals surface area contributed by atoms with Crippen LogP contribution >= 0.6 is 0 Å². The zero-order valence-electron chi connectivity index (χ0n) is 21.8. The summed E-state index contributed by atoms with van der Waals surface area (Å²) in [5.74, 6) is 1.81. The smallest absolute Gasteiger partial charge is 0.223 e. The number of rotatable bonds is 17. The zero-order valence-corrected chi connectivity index (χ0v) is 21.8. The highest BCUT2D eigenvalue weighted by atomic mass is 16.1. The Morgan fingerprint density at radius 3 is 2.32 bits per heavy atom. The van der Waals surface area contributed by atoms with Crippen LogP contribution < -0.4 is 5.32 Å². The number of aryl methyl sites for hydroxylation is 2. The summed E-state index contributed by atoms with van der Waals surface area (Å²) >= 11 is 0. The summed E-state index contributed by atoms with van der Waals surface area (Å²) in [7, 11) is 0. The van der Waals surface area contributed by atoms with E-state index >= 15 is 0 Å². The highest BCUT2D eigenvalue weighted by Gasteiger charge is 2.20. The molecular formula is C30H49N3O. The molecule has 4 heteroatoms. The predicted molar refractivity (Wildman–Crippen MR) is 144 cm³/mol. The Morgan fingerprint density at radius 1 is 0.882 bits per heavy atom. The molecular weight excluding hydrogens is 418 g/mol. The third-order valence-electron chi connectivity index (χ3n) is 7.57. The van der Waals surface area contributed by atoms with E-state index < -0.39 is 0 Å². The van der Waals surface area contributed by atoms with Crippen molar-refractivity contribution in [1.29, 1.82) is 0 Å². The lowest BCUT2D eigenvalue weighted by molar-refractivity contribution is -0.125. The normalized spacial score (nSPS) is 14.6. The minimum absolute atomic E-state index is 0.273. The third kappa shape index (κ3) is 9.07. The van der Waals surface area contributed by atoms with Gasteiger partial charge in [0.2, 0.25) is 5.91 Å². The molecule has 1 amide bonds. The van der Waals surface area contributed by atoms with Crippen molar-refractivity contribution in [3.05, 3.63) is 30.1 Å². The van der Waals surface area contributed by atoms with Crippen LogP contribution in [0.15, 0.2) is 24.3 Å². The fraction of sp³-hybridized carbons (Fsp3) is 0.733. The number of amides is 1. The summed E-state index contributed by atoms with van der Waals surface area (Å²) in [6.07, 6.45) is 22.6. The van der Waals surface area contributed by atoms with Crippen molar-refractivity contribution < 1.29 is 4.79 Å². The Morgan fingerprint density at radius 2 is 1.56 bits per heavy atom. The van der Waals surface area contributed by atoms with Crippen LogP contribution in [0.25, 0.3) is 11.0 Å². The fourth-order valence-electron chi connectivity index (χ4n) is 5.45. The summed E-state index contributed by atoms with van der Waals surface area (Å²) in [6, 6.07) is 8.60. The molecule has 1 aromatic carbocycles. The number of nitrogens with zero attached hydrogens (tertiary/aromatic N) is 2. The van der Waals surface area contributed by atoms with Gasteiger partial charge in [-0.1, -0.05) is 96.1 Å². The fourth-order valence-corrected chi connectivity index (χ4v) is 5.45. The number of aromatic nitrogens is 2. The van der Waals surface area contributed by atoms with Gasteiger partial charge >= 0.3 is 0 Å². The lowest BCUT2D eigenvalue weighted by Crippen LogP contribution is -2.32. The van der Waals surface area contributed by atoms with E-state index in [-0.39, 0.29) is 5.92 Å². The van der Waals surface area contributed by atoms with Gasteiger partial charge < -0.3 is 9.88 Å². The lowest BCUT2D eigenvalue weighted by atomic mass is 9.89. The van der Waals surface area contributed by atoms with Crippen LogP contribution in [-0.4, -0.2) is 22.0 Å². The molecule has 0 atom stereocenters. The molecule has 0 bridgehead atoms. The predicted octanol–water partition coefficient (Wildman–Crippen LogP) is 7.98. The highest BCUT2D eigenvalue weighted by Crippen LogP contribution is 2.23. The van der Waals surface area contributed by atoms with Gasteiger partial charge in [0.1, 0.15) is 5.82 Å². The standard InChI is InChI=1S/C30H49N3O/c1-2-3-4-5-6-7-8-9-18-25-33-28-22-16-15-21-27(28)32-29(33)23-14-11-17-24-31-30(34)26-19-12-10-13-20-26/h15-16,21-22,26H,2-14,17-20,23-25H2,1H3,(H,31,34). The Labute approximate surface area is 208 Å². The van der Waals surface area contributed by atoms with Gasteiger partial charge in [-0.2, -0.15) is 0 Å². The van der Waals surface area contributed by atoms with Gasteiger partial charge in [0, 0.05) is 25.4 Å². The van der Waals surface area contributed by atoms with Crippen molar-refractivity contribution in [2.45, 2.75) is 129 Å². The van der Waals surface area contributed by atoms with Crippen LogP contribution in [0.4, 0.5) is 0 Å². The van der Waals surface area contributed by atoms with Crippen LogP contribution in [0.3, 0.4) is 0 Å². The summed E-state index contributed by atoms with van der Waals surface area (Å²) < 4.78 is 2.47. The number of hydrogen-bond donors (Lipinski definition) is 1. The SMILES string of the molecule is CCCCCCCCCCCn1c(CCCCCNC(=O)C2CCCCC2)nc2ccccc21. The van der Waals surface area contributed by atoms with Crippen LogP contribution in [0.5, 0.6) is 0 Å². The molecule has 1 N–H and O–H groups in total. The number of nitrogens with one attached hydrogen (secondary N) is 1. The monoisotopic (exact) mass is 467 g/mol. The van der Waals surface area contributed by atoms with Crippen molar-refractivity contribution in [3.63, 3.8) is 0 Å². The molecule has 0 aliphatic heterocycles.